The van der Waals surface area contributed by atoms with Crippen LogP contribution < -0.4 is 15.0 Å². The van der Waals surface area contributed by atoms with Gasteiger partial charge in [0.25, 0.3) is 0 Å². The van der Waals surface area contributed by atoms with E-state index < -0.39 is 4.92 Å². The molecule has 2 heterocycles. The van der Waals surface area contributed by atoms with Crippen molar-refractivity contribution in [2.75, 3.05) is 45.2 Å². The number of allylic oxidation sites excluding steroid dienone is 2. The number of nitro benzene ring substituents is 1. The second-order valence-corrected chi connectivity index (χ2v) is 7.35. The first-order valence-corrected chi connectivity index (χ1v) is 9.94. The first kappa shape index (κ1) is 20.2. The van der Waals surface area contributed by atoms with Crippen LogP contribution >= 0.6 is 0 Å². The molecule has 0 aliphatic carbocycles. The molecule has 2 fully saturated rings. The third-order valence-corrected chi connectivity index (χ3v) is 5.79. The highest BCUT2D eigenvalue weighted by Crippen LogP contribution is 2.39. The summed E-state index contributed by atoms with van der Waals surface area (Å²) < 4.78 is 5.33. The average molecular weight is 386 g/mol. The Morgan fingerprint density at radius 1 is 1.29 bits per heavy atom. The van der Waals surface area contributed by atoms with Crippen molar-refractivity contribution in [3.63, 3.8) is 0 Å². The standard InChI is InChI=1S/C21H30N4O3/c1-4-16(15-22-2)18-13-20(25(26)27)21(28-3)14-19(18)24-11-7-17(8-12-24)23-9-5-6-10-23/h4,13-15,17,22H,1,5-12H2,2-3H3/b16-15+. The molecule has 0 amide bonds. The van der Waals surface area contributed by atoms with Gasteiger partial charge in [0.2, 0.25) is 0 Å². The Kier molecular flexibility index (Phi) is 6.57. The number of likely N-dealkylation sites (tertiary alicyclic amines) is 1. The molecule has 0 aromatic heterocycles. The fraction of sp³-hybridized carbons (Fsp3) is 0.524. The molecule has 28 heavy (non-hydrogen) atoms. The van der Waals surface area contributed by atoms with E-state index in [1.54, 1.807) is 18.2 Å². The minimum Gasteiger partial charge on any atom is -0.490 e. The fourth-order valence-corrected chi connectivity index (χ4v) is 4.34. The lowest BCUT2D eigenvalue weighted by atomic mass is 9.98. The summed E-state index contributed by atoms with van der Waals surface area (Å²) in [5.41, 5.74) is 2.56. The Morgan fingerprint density at radius 2 is 1.96 bits per heavy atom. The zero-order valence-corrected chi connectivity index (χ0v) is 16.8. The molecule has 152 valence electrons. The molecule has 7 nitrogen and oxygen atoms in total. The number of hydrogen-bond donors (Lipinski definition) is 1. The maximum atomic E-state index is 11.5. The number of nitrogens with one attached hydrogen (secondary N) is 1. The second-order valence-electron chi connectivity index (χ2n) is 7.35. The minimum absolute atomic E-state index is 0.0305. The quantitative estimate of drug-likeness (QED) is 0.440. The van der Waals surface area contributed by atoms with Crippen LogP contribution in [-0.2, 0) is 0 Å². The summed E-state index contributed by atoms with van der Waals surface area (Å²) >= 11 is 0. The van der Waals surface area contributed by atoms with E-state index in [0.717, 1.165) is 42.8 Å². The monoisotopic (exact) mass is 386 g/mol. The van der Waals surface area contributed by atoms with Gasteiger partial charge in [0.1, 0.15) is 0 Å². The normalized spacial score (nSPS) is 18.9. The van der Waals surface area contributed by atoms with Gasteiger partial charge in [-0.1, -0.05) is 12.7 Å². The molecule has 2 saturated heterocycles. The van der Waals surface area contributed by atoms with E-state index in [9.17, 15) is 10.1 Å². The van der Waals surface area contributed by atoms with Gasteiger partial charge in [0.05, 0.1) is 12.0 Å². The third-order valence-electron chi connectivity index (χ3n) is 5.79. The SMILES string of the molecule is C=C/C(=C\NC)c1cc([N+](=O)[O-])c(OC)cc1N1CCC(N2CCCC2)CC1. The first-order chi connectivity index (χ1) is 13.6. The number of hydrogen-bond acceptors (Lipinski definition) is 6. The summed E-state index contributed by atoms with van der Waals surface area (Å²) in [6.45, 7) is 8.18. The molecule has 0 bridgehead atoms. The summed E-state index contributed by atoms with van der Waals surface area (Å²) in [5, 5.41) is 14.5. The van der Waals surface area contributed by atoms with Crippen LogP contribution in [0.3, 0.4) is 0 Å². The number of ether oxygens (including phenoxy) is 1. The van der Waals surface area contributed by atoms with Crippen LogP contribution in [0.2, 0.25) is 0 Å². The summed E-state index contributed by atoms with van der Waals surface area (Å²) in [6, 6.07) is 4.05. The maximum absolute atomic E-state index is 11.5. The highest BCUT2D eigenvalue weighted by Gasteiger charge is 2.29. The highest BCUT2D eigenvalue weighted by molar-refractivity contribution is 5.85. The zero-order chi connectivity index (χ0) is 20.1. The molecule has 1 N–H and O–H groups in total. The van der Waals surface area contributed by atoms with Crippen LogP contribution in [0.4, 0.5) is 11.4 Å². The molecule has 0 spiro atoms. The molecule has 7 heteroatoms. The van der Waals surface area contributed by atoms with Crippen molar-refractivity contribution >= 4 is 16.9 Å². The van der Waals surface area contributed by atoms with Crippen LogP contribution in [0, 0.1) is 10.1 Å². The van der Waals surface area contributed by atoms with Crippen molar-refractivity contribution in [3.05, 3.63) is 46.7 Å². The smallest absolute Gasteiger partial charge is 0.311 e. The Labute approximate surface area is 166 Å². The molecule has 0 saturated carbocycles. The number of anilines is 1. The van der Waals surface area contributed by atoms with Gasteiger partial charge in [-0.15, -0.1) is 0 Å². The molecule has 0 atom stereocenters. The van der Waals surface area contributed by atoms with E-state index in [1.165, 1.54) is 33.0 Å². The van der Waals surface area contributed by atoms with Crippen molar-refractivity contribution in [2.24, 2.45) is 0 Å². The average Bonchev–Trinajstić information content (AvgIpc) is 3.26. The summed E-state index contributed by atoms with van der Waals surface area (Å²) in [5.74, 6) is 0.290. The van der Waals surface area contributed by atoms with Crippen molar-refractivity contribution in [2.45, 2.75) is 31.7 Å². The summed E-state index contributed by atoms with van der Waals surface area (Å²) in [7, 11) is 3.28. The lowest BCUT2D eigenvalue weighted by Crippen LogP contribution is -2.44. The zero-order valence-electron chi connectivity index (χ0n) is 16.8. The Hall–Kier alpha value is -2.54. The molecule has 0 unspecified atom stereocenters. The van der Waals surface area contributed by atoms with Gasteiger partial charge in [0.15, 0.2) is 5.75 Å². The predicted octanol–water partition coefficient (Wildman–Crippen LogP) is 3.41. The van der Waals surface area contributed by atoms with E-state index in [2.05, 4.69) is 21.7 Å². The minimum atomic E-state index is -0.397. The van der Waals surface area contributed by atoms with Crippen LogP contribution in [0.25, 0.3) is 5.57 Å². The lowest BCUT2D eigenvalue weighted by Gasteiger charge is -2.38. The van der Waals surface area contributed by atoms with Gasteiger partial charge in [-0.2, -0.15) is 0 Å². The molecule has 2 aliphatic heterocycles. The fourth-order valence-electron chi connectivity index (χ4n) is 4.34. The second kappa shape index (κ2) is 9.10. The molecule has 2 aliphatic rings. The molecule has 3 rings (SSSR count). The van der Waals surface area contributed by atoms with E-state index in [4.69, 9.17) is 4.74 Å². The van der Waals surface area contributed by atoms with E-state index >= 15 is 0 Å². The maximum Gasteiger partial charge on any atom is 0.311 e. The highest BCUT2D eigenvalue weighted by atomic mass is 16.6. The van der Waals surface area contributed by atoms with E-state index in [-0.39, 0.29) is 5.69 Å². The number of benzene rings is 1. The Bertz CT molecular complexity index is 748. The van der Waals surface area contributed by atoms with Crippen LogP contribution in [-0.4, -0.2) is 56.2 Å². The van der Waals surface area contributed by atoms with Gasteiger partial charge in [0, 0.05) is 55.8 Å². The van der Waals surface area contributed by atoms with Gasteiger partial charge in [-0.05, 0) is 44.3 Å². The van der Waals surface area contributed by atoms with Gasteiger partial charge in [-0.25, -0.2) is 0 Å². The van der Waals surface area contributed by atoms with Crippen LogP contribution in [0.5, 0.6) is 5.75 Å². The third kappa shape index (κ3) is 4.14. The van der Waals surface area contributed by atoms with Crippen molar-refractivity contribution in [1.29, 1.82) is 0 Å². The lowest BCUT2D eigenvalue weighted by molar-refractivity contribution is -0.385. The molecule has 1 aromatic rings. The summed E-state index contributed by atoms with van der Waals surface area (Å²) in [4.78, 5) is 16.1. The summed E-state index contributed by atoms with van der Waals surface area (Å²) in [6.07, 6.45) is 8.38. The Morgan fingerprint density at radius 3 is 2.50 bits per heavy atom. The number of nitrogens with zero attached hydrogens (tertiary/aromatic N) is 3. The first-order valence-electron chi connectivity index (χ1n) is 9.94. The number of rotatable bonds is 7. The molecule has 1 aromatic carbocycles. The van der Waals surface area contributed by atoms with E-state index in [1.807, 2.05) is 13.2 Å². The predicted molar refractivity (Wildman–Crippen MR) is 113 cm³/mol. The van der Waals surface area contributed by atoms with Crippen molar-refractivity contribution in [3.8, 4) is 5.75 Å². The van der Waals surface area contributed by atoms with Crippen molar-refractivity contribution in [1.82, 2.24) is 10.2 Å². The number of piperidine rings is 1. The van der Waals surface area contributed by atoms with Gasteiger partial charge in [-0.3, -0.25) is 10.1 Å². The van der Waals surface area contributed by atoms with Crippen LogP contribution in [0.1, 0.15) is 31.2 Å². The number of methoxy groups -OCH3 is 1. The van der Waals surface area contributed by atoms with Gasteiger partial charge >= 0.3 is 5.69 Å². The van der Waals surface area contributed by atoms with Crippen molar-refractivity contribution < 1.29 is 9.66 Å². The molecular weight excluding hydrogens is 356 g/mol. The van der Waals surface area contributed by atoms with Gasteiger partial charge < -0.3 is 19.9 Å². The molecule has 0 radical (unpaired) electrons. The largest absolute Gasteiger partial charge is 0.490 e. The van der Waals surface area contributed by atoms with Crippen LogP contribution in [0.15, 0.2) is 31.0 Å². The number of nitro groups is 1. The Balaban J connectivity index is 1.93. The topological polar surface area (TPSA) is 70.9 Å². The molecular formula is C21H30N4O3. The van der Waals surface area contributed by atoms with E-state index in [0.29, 0.717) is 11.8 Å².